The van der Waals surface area contributed by atoms with E-state index in [0.717, 1.165) is 22.9 Å². The highest BCUT2D eigenvalue weighted by Gasteiger charge is 2.78. The second-order valence-corrected chi connectivity index (χ2v) is 12.0. The van der Waals surface area contributed by atoms with Crippen LogP contribution >= 0.6 is 0 Å². The third kappa shape index (κ3) is 3.57. The Bertz CT molecular complexity index is 1250. The zero-order chi connectivity index (χ0) is 26.1. The Morgan fingerprint density at radius 1 is 1.22 bits per heavy atom. The number of aromatic amines is 1. The summed E-state index contributed by atoms with van der Waals surface area (Å²) < 4.78 is 12.0. The van der Waals surface area contributed by atoms with Gasteiger partial charge in [-0.25, -0.2) is 0 Å². The molecule has 2 aliphatic carbocycles. The monoisotopic (exact) mass is 506 g/mol. The summed E-state index contributed by atoms with van der Waals surface area (Å²) in [5, 5.41) is 15.3. The maximum Gasteiger partial charge on any atom is 0.235 e. The number of benzene rings is 1. The number of para-hydroxylation sites is 1. The van der Waals surface area contributed by atoms with Gasteiger partial charge in [0.15, 0.2) is 5.78 Å². The number of allylic oxidation sites excluding steroid dienone is 1. The Morgan fingerprint density at radius 3 is 2.78 bits per heavy atom. The summed E-state index contributed by atoms with van der Waals surface area (Å²) in [5.74, 6) is -0.717. The molecule has 2 saturated heterocycles. The van der Waals surface area contributed by atoms with Crippen molar-refractivity contribution >= 4 is 22.6 Å². The number of carbonyl (C=O) groups is 2. The van der Waals surface area contributed by atoms with Gasteiger partial charge in [-0.3, -0.25) is 9.59 Å². The molecular weight excluding hydrogens is 468 g/mol. The van der Waals surface area contributed by atoms with Gasteiger partial charge in [-0.2, -0.15) is 0 Å². The highest BCUT2D eigenvalue weighted by Crippen LogP contribution is 2.66. The minimum Gasteiger partial charge on any atom is -0.390 e. The molecule has 0 radical (unpaired) electrons. The predicted molar refractivity (Wildman–Crippen MR) is 140 cm³/mol. The van der Waals surface area contributed by atoms with Crippen LogP contribution < -0.4 is 5.32 Å². The van der Waals surface area contributed by atoms with Crippen LogP contribution in [0.5, 0.6) is 0 Å². The Morgan fingerprint density at radius 2 is 2.00 bits per heavy atom. The van der Waals surface area contributed by atoms with E-state index in [1.54, 1.807) is 0 Å². The average molecular weight is 507 g/mol. The predicted octanol–water partition coefficient (Wildman–Crippen LogP) is 3.56. The van der Waals surface area contributed by atoms with Gasteiger partial charge in [0.1, 0.15) is 5.41 Å². The number of ketones is 1. The number of Topliss-reactive ketones (excluding diaryl/α,β-unsaturated/α-hetero) is 1. The fourth-order valence-electron chi connectivity index (χ4n) is 7.91. The van der Waals surface area contributed by atoms with Crippen molar-refractivity contribution in [2.75, 3.05) is 7.11 Å². The molecule has 10 atom stereocenters. The third-order valence-corrected chi connectivity index (χ3v) is 10.1. The van der Waals surface area contributed by atoms with Crippen molar-refractivity contribution in [2.24, 2.45) is 29.1 Å². The fraction of sp³-hybridized carbons (Fsp3) is 0.600. The van der Waals surface area contributed by atoms with E-state index < -0.39 is 17.6 Å². The van der Waals surface area contributed by atoms with Gasteiger partial charge < -0.3 is 24.9 Å². The number of amides is 1. The summed E-state index contributed by atoms with van der Waals surface area (Å²) in [6, 6.07) is 7.95. The van der Waals surface area contributed by atoms with Gasteiger partial charge >= 0.3 is 0 Å². The first kappa shape index (κ1) is 24.8. The topological polar surface area (TPSA) is 104 Å². The molecular formula is C30H38N2O5. The summed E-state index contributed by atoms with van der Waals surface area (Å²) in [4.78, 5) is 31.9. The number of ether oxygens (including phenoxy) is 2. The fourth-order valence-corrected chi connectivity index (χ4v) is 7.91. The second kappa shape index (κ2) is 8.79. The summed E-state index contributed by atoms with van der Waals surface area (Å²) in [5.41, 5.74) is 0.561. The van der Waals surface area contributed by atoms with E-state index in [0.29, 0.717) is 12.8 Å². The van der Waals surface area contributed by atoms with E-state index in [-0.39, 0.29) is 59.5 Å². The Labute approximate surface area is 218 Å². The standard InChI is InChI=1S/C30H38N2O5/c1-16-8-7-10-20-27-29(3,37-27)17(2)26-22(13-18-15-31-21-11-6-5-9-19(18)21)32-28(35)30(20,26)25(34)14-24(36-4)23(33)12-16/h5-7,9-11,15-17,20,22-24,26-27,31,33H,8,12-14H2,1-4H3,(H,32,35)/b10-7-/t16-,17-,20-,22+,23-,24+,26-,27+,29-,30-/m0/s1. The van der Waals surface area contributed by atoms with Crippen molar-refractivity contribution in [3.05, 3.63) is 48.2 Å². The lowest BCUT2D eigenvalue weighted by Gasteiger charge is -2.46. The molecule has 7 nitrogen and oxygen atoms in total. The van der Waals surface area contributed by atoms with Crippen LogP contribution in [0.3, 0.4) is 0 Å². The van der Waals surface area contributed by atoms with Crippen LogP contribution in [0.2, 0.25) is 0 Å². The van der Waals surface area contributed by atoms with Crippen LogP contribution in [-0.2, 0) is 25.5 Å². The van der Waals surface area contributed by atoms with Gasteiger partial charge in [0.2, 0.25) is 5.91 Å². The third-order valence-electron chi connectivity index (χ3n) is 10.1. The van der Waals surface area contributed by atoms with Crippen molar-refractivity contribution in [2.45, 2.75) is 76.4 Å². The number of aliphatic hydroxyl groups is 1. The van der Waals surface area contributed by atoms with Gasteiger partial charge in [0, 0.05) is 48.5 Å². The van der Waals surface area contributed by atoms with E-state index >= 15 is 0 Å². The SMILES string of the molecule is CO[C@@H]1CC(=O)[C@]23C(=O)N[C@H](Cc4c[nH]c5ccccc45)[C@@H]2[C@H](C)[C@]2(C)O[C@@H]2[C@@H]3/C=C\C[C@H](C)C[C@@H]1O. The minimum atomic E-state index is -1.25. The number of rotatable bonds is 3. The number of fused-ring (bicyclic) bond motifs is 3. The molecule has 3 fully saturated rings. The average Bonchev–Trinajstić information content (AvgIpc) is 3.28. The summed E-state index contributed by atoms with van der Waals surface area (Å²) >= 11 is 0. The number of aliphatic hydroxyl groups excluding tert-OH is 1. The molecule has 198 valence electrons. The number of methoxy groups -OCH3 is 1. The molecule has 3 heterocycles. The van der Waals surface area contributed by atoms with E-state index in [1.807, 2.05) is 24.4 Å². The molecule has 4 aliphatic rings. The molecule has 6 rings (SSSR count). The lowest BCUT2D eigenvalue weighted by molar-refractivity contribution is -0.151. The highest BCUT2D eigenvalue weighted by atomic mass is 16.6. The van der Waals surface area contributed by atoms with Gasteiger partial charge in [0.05, 0.1) is 23.9 Å². The summed E-state index contributed by atoms with van der Waals surface area (Å²) in [6.45, 7) is 6.36. The zero-order valence-corrected chi connectivity index (χ0v) is 22.1. The summed E-state index contributed by atoms with van der Waals surface area (Å²) in [7, 11) is 1.54. The van der Waals surface area contributed by atoms with E-state index in [4.69, 9.17) is 9.47 Å². The Hall–Kier alpha value is -2.48. The van der Waals surface area contributed by atoms with E-state index in [1.165, 1.54) is 7.11 Å². The molecule has 3 N–H and O–H groups in total. The molecule has 1 spiro atoms. The Kier molecular flexibility index (Phi) is 5.90. The van der Waals surface area contributed by atoms with Gasteiger partial charge in [0.25, 0.3) is 0 Å². The van der Waals surface area contributed by atoms with Crippen molar-refractivity contribution < 1.29 is 24.2 Å². The number of aromatic nitrogens is 1. The highest BCUT2D eigenvalue weighted by molar-refractivity contribution is 6.09. The van der Waals surface area contributed by atoms with E-state index in [2.05, 4.69) is 49.3 Å². The number of carbonyl (C=O) groups excluding carboxylic acids is 2. The smallest absolute Gasteiger partial charge is 0.235 e. The quantitative estimate of drug-likeness (QED) is 0.336. The first-order chi connectivity index (χ1) is 17.7. The maximum atomic E-state index is 14.4. The van der Waals surface area contributed by atoms with Gasteiger partial charge in [-0.05, 0) is 49.7 Å². The number of nitrogens with one attached hydrogen (secondary N) is 2. The molecule has 0 bridgehead atoms. The van der Waals surface area contributed by atoms with Crippen LogP contribution in [0.25, 0.3) is 10.9 Å². The van der Waals surface area contributed by atoms with Crippen LogP contribution in [-0.4, -0.2) is 58.8 Å². The first-order valence-corrected chi connectivity index (χ1v) is 13.7. The van der Waals surface area contributed by atoms with Gasteiger partial charge in [-0.1, -0.05) is 44.2 Å². The van der Waals surface area contributed by atoms with Crippen LogP contribution in [0.4, 0.5) is 0 Å². The van der Waals surface area contributed by atoms with Crippen LogP contribution in [0, 0.1) is 29.1 Å². The maximum absolute atomic E-state index is 14.4. The molecule has 1 aromatic heterocycles. The minimum absolute atomic E-state index is 0.00442. The molecule has 1 amide bonds. The van der Waals surface area contributed by atoms with Crippen molar-refractivity contribution in [3.63, 3.8) is 0 Å². The number of H-pyrrole nitrogens is 1. The zero-order valence-electron chi connectivity index (χ0n) is 22.1. The van der Waals surface area contributed by atoms with Crippen molar-refractivity contribution in [1.29, 1.82) is 0 Å². The molecule has 37 heavy (non-hydrogen) atoms. The molecule has 2 aromatic rings. The lowest BCUT2D eigenvalue weighted by Crippen LogP contribution is -2.59. The van der Waals surface area contributed by atoms with Crippen molar-refractivity contribution in [3.8, 4) is 0 Å². The lowest BCUT2D eigenvalue weighted by atomic mass is 9.51. The van der Waals surface area contributed by atoms with Gasteiger partial charge in [-0.15, -0.1) is 0 Å². The largest absolute Gasteiger partial charge is 0.390 e. The number of hydrogen-bond acceptors (Lipinski definition) is 5. The van der Waals surface area contributed by atoms with Crippen LogP contribution in [0.15, 0.2) is 42.6 Å². The Balaban J connectivity index is 1.46. The summed E-state index contributed by atoms with van der Waals surface area (Å²) in [6.07, 6.45) is 6.54. The molecule has 7 heteroatoms. The van der Waals surface area contributed by atoms with Crippen LogP contribution in [0.1, 0.15) is 45.6 Å². The first-order valence-electron chi connectivity index (χ1n) is 13.7. The molecule has 1 saturated carbocycles. The van der Waals surface area contributed by atoms with E-state index in [9.17, 15) is 14.7 Å². The molecule has 1 aromatic carbocycles. The number of epoxide rings is 1. The molecule has 0 unspecified atom stereocenters. The normalized spacial score (nSPS) is 44.4. The second-order valence-electron chi connectivity index (χ2n) is 12.0. The molecule has 2 aliphatic heterocycles. The van der Waals surface area contributed by atoms with Crippen molar-refractivity contribution in [1.82, 2.24) is 10.3 Å². The number of hydrogen-bond donors (Lipinski definition) is 3.